The molecule has 1 aliphatic heterocycles. The molecular formula is C16H22BrClN2O. The van der Waals surface area contributed by atoms with Crippen LogP contribution in [0.1, 0.15) is 37.7 Å². The van der Waals surface area contributed by atoms with E-state index in [2.05, 4.69) is 38.7 Å². The molecule has 1 saturated heterocycles. The predicted octanol–water partition coefficient (Wildman–Crippen LogP) is 3.16. The summed E-state index contributed by atoms with van der Waals surface area (Å²) in [6.07, 6.45) is 5.19. The average molecular weight is 374 g/mol. The van der Waals surface area contributed by atoms with Crippen molar-refractivity contribution < 1.29 is 4.79 Å². The van der Waals surface area contributed by atoms with Crippen molar-refractivity contribution in [3.05, 3.63) is 34.3 Å². The zero-order valence-corrected chi connectivity index (χ0v) is 14.4. The molecule has 2 N–H and O–H groups in total. The van der Waals surface area contributed by atoms with E-state index in [-0.39, 0.29) is 23.7 Å². The van der Waals surface area contributed by atoms with Gasteiger partial charge in [-0.25, -0.2) is 0 Å². The molecule has 2 aliphatic rings. The van der Waals surface area contributed by atoms with Crippen LogP contribution in [0, 0.1) is 0 Å². The second-order valence-electron chi connectivity index (χ2n) is 5.94. The topological polar surface area (TPSA) is 41.1 Å². The molecule has 1 heterocycles. The van der Waals surface area contributed by atoms with E-state index in [1.165, 1.54) is 5.56 Å². The Morgan fingerprint density at radius 2 is 1.81 bits per heavy atom. The molecule has 0 radical (unpaired) electrons. The van der Waals surface area contributed by atoms with Crippen molar-refractivity contribution in [2.24, 2.45) is 0 Å². The second kappa shape index (κ2) is 7.12. The summed E-state index contributed by atoms with van der Waals surface area (Å²) in [6, 6.07) is 8.59. The molecule has 1 aromatic rings. The van der Waals surface area contributed by atoms with Gasteiger partial charge in [-0.05, 0) is 56.5 Å². The Kier molecular flexibility index (Phi) is 5.69. The number of carbonyl (C=O) groups excluding carboxylic acids is 1. The molecule has 0 unspecified atom stereocenters. The van der Waals surface area contributed by atoms with Crippen molar-refractivity contribution in [3.63, 3.8) is 0 Å². The lowest BCUT2D eigenvalue weighted by molar-refractivity contribution is -0.130. The highest BCUT2D eigenvalue weighted by molar-refractivity contribution is 9.10. The molecule has 1 saturated carbocycles. The SMILES string of the molecule is Cl.O=C(NC1CCNCC1)C1(c2ccc(Br)cc2)CCC1. The highest BCUT2D eigenvalue weighted by Gasteiger charge is 2.46. The first-order valence-electron chi connectivity index (χ1n) is 7.48. The van der Waals surface area contributed by atoms with Gasteiger partial charge in [0.25, 0.3) is 0 Å². The first-order chi connectivity index (χ1) is 9.71. The van der Waals surface area contributed by atoms with Gasteiger partial charge in [0, 0.05) is 10.5 Å². The Labute approximate surface area is 140 Å². The standard InChI is InChI=1S/C16H21BrN2O.ClH/c17-13-4-2-12(3-5-13)16(8-1-9-16)15(20)19-14-6-10-18-11-7-14;/h2-5,14,18H,1,6-11H2,(H,19,20);1H. The number of halogens is 2. The fraction of sp³-hybridized carbons (Fsp3) is 0.562. The summed E-state index contributed by atoms with van der Waals surface area (Å²) in [5.41, 5.74) is 0.893. The van der Waals surface area contributed by atoms with E-state index in [1.54, 1.807) is 0 Å². The number of benzene rings is 1. The minimum atomic E-state index is -0.272. The minimum Gasteiger partial charge on any atom is -0.353 e. The number of nitrogens with one attached hydrogen (secondary N) is 2. The van der Waals surface area contributed by atoms with Gasteiger partial charge in [0.2, 0.25) is 5.91 Å². The zero-order chi connectivity index (χ0) is 14.0. The van der Waals surface area contributed by atoms with Crippen molar-refractivity contribution in [1.29, 1.82) is 0 Å². The maximum Gasteiger partial charge on any atom is 0.230 e. The monoisotopic (exact) mass is 372 g/mol. The van der Waals surface area contributed by atoms with Crippen molar-refractivity contribution in [2.75, 3.05) is 13.1 Å². The molecule has 0 aromatic heterocycles. The van der Waals surface area contributed by atoms with Crippen LogP contribution in [0.2, 0.25) is 0 Å². The Balaban J connectivity index is 0.00000161. The second-order valence-corrected chi connectivity index (χ2v) is 6.86. The van der Waals surface area contributed by atoms with E-state index in [1.807, 2.05) is 12.1 Å². The summed E-state index contributed by atoms with van der Waals surface area (Å²) < 4.78 is 1.06. The molecule has 3 nitrogen and oxygen atoms in total. The normalized spacial score (nSPS) is 21.0. The smallest absolute Gasteiger partial charge is 0.230 e. The highest BCUT2D eigenvalue weighted by Crippen LogP contribution is 2.44. The van der Waals surface area contributed by atoms with E-state index in [9.17, 15) is 4.79 Å². The molecule has 2 fully saturated rings. The summed E-state index contributed by atoms with van der Waals surface area (Å²) in [5.74, 6) is 0.234. The van der Waals surface area contributed by atoms with E-state index in [0.717, 1.165) is 49.7 Å². The van der Waals surface area contributed by atoms with Gasteiger partial charge in [-0.2, -0.15) is 0 Å². The van der Waals surface area contributed by atoms with Crippen molar-refractivity contribution in [1.82, 2.24) is 10.6 Å². The molecule has 0 spiro atoms. The van der Waals surface area contributed by atoms with Gasteiger partial charge in [0.1, 0.15) is 0 Å². The summed E-state index contributed by atoms with van der Waals surface area (Å²) in [6.45, 7) is 2.02. The molecule has 21 heavy (non-hydrogen) atoms. The van der Waals surface area contributed by atoms with Crippen LogP contribution >= 0.6 is 28.3 Å². The molecule has 1 aliphatic carbocycles. The van der Waals surface area contributed by atoms with E-state index in [4.69, 9.17) is 0 Å². The van der Waals surface area contributed by atoms with Crippen LogP contribution in [0.15, 0.2) is 28.7 Å². The van der Waals surface area contributed by atoms with Crippen LogP contribution in [-0.2, 0) is 10.2 Å². The number of rotatable bonds is 3. The maximum absolute atomic E-state index is 12.8. The maximum atomic E-state index is 12.8. The largest absolute Gasteiger partial charge is 0.353 e. The summed E-state index contributed by atoms with van der Waals surface area (Å²) in [7, 11) is 0. The third-order valence-corrected chi connectivity index (χ3v) is 5.24. The molecule has 3 rings (SSSR count). The van der Waals surface area contributed by atoms with E-state index in [0.29, 0.717) is 6.04 Å². The lowest BCUT2D eigenvalue weighted by atomic mass is 9.63. The van der Waals surface area contributed by atoms with Crippen LogP contribution in [0.4, 0.5) is 0 Å². The summed E-state index contributed by atoms with van der Waals surface area (Å²) in [4.78, 5) is 12.8. The molecule has 0 atom stereocenters. The molecule has 1 aromatic carbocycles. The Morgan fingerprint density at radius 3 is 2.33 bits per heavy atom. The number of carbonyl (C=O) groups is 1. The number of hydrogen-bond donors (Lipinski definition) is 2. The molecule has 5 heteroatoms. The average Bonchev–Trinajstić information content (AvgIpc) is 2.41. The summed E-state index contributed by atoms with van der Waals surface area (Å²) >= 11 is 3.46. The van der Waals surface area contributed by atoms with Crippen LogP contribution in [0.25, 0.3) is 0 Å². The number of amides is 1. The fourth-order valence-electron chi connectivity index (χ4n) is 3.24. The lowest BCUT2D eigenvalue weighted by Crippen LogP contribution is -2.53. The van der Waals surface area contributed by atoms with Gasteiger partial charge in [0.15, 0.2) is 0 Å². The quantitative estimate of drug-likeness (QED) is 0.854. The van der Waals surface area contributed by atoms with Gasteiger partial charge in [-0.15, -0.1) is 12.4 Å². The van der Waals surface area contributed by atoms with Gasteiger partial charge >= 0.3 is 0 Å². The third kappa shape index (κ3) is 3.43. The number of piperidine rings is 1. The van der Waals surface area contributed by atoms with E-state index < -0.39 is 0 Å². The van der Waals surface area contributed by atoms with Gasteiger partial charge in [-0.1, -0.05) is 34.5 Å². The molecule has 116 valence electrons. The Hall–Kier alpha value is -0.580. The first-order valence-corrected chi connectivity index (χ1v) is 8.28. The highest BCUT2D eigenvalue weighted by atomic mass is 79.9. The van der Waals surface area contributed by atoms with Crippen molar-refractivity contribution in [2.45, 2.75) is 43.6 Å². The third-order valence-electron chi connectivity index (χ3n) is 4.71. The predicted molar refractivity (Wildman–Crippen MR) is 91.0 cm³/mol. The van der Waals surface area contributed by atoms with E-state index >= 15 is 0 Å². The van der Waals surface area contributed by atoms with Gasteiger partial charge in [0.05, 0.1) is 5.41 Å². The minimum absolute atomic E-state index is 0. The molecule has 0 bridgehead atoms. The number of hydrogen-bond acceptors (Lipinski definition) is 2. The lowest BCUT2D eigenvalue weighted by Gasteiger charge is -2.42. The van der Waals surface area contributed by atoms with Gasteiger partial charge in [-0.3, -0.25) is 4.79 Å². The molecule has 1 amide bonds. The fourth-order valence-corrected chi connectivity index (χ4v) is 3.50. The Bertz CT molecular complexity index is 482. The van der Waals surface area contributed by atoms with Crippen LogP contribution < -0.4 is 10.6 Å². The molecular weight excluding hydrogens is 352 g/mol. The summed E-state index contributed by atoms with van der Waals surface area (Å²) in [5, 5.41) is 6.62. The van der Waals surface area contributed by atoms with Crippen molar-refractivity contribution in [3.8, 4) is 0 Å². The zero-order valence-electron chi connectivity index (χ0n) is 12.0. The first kappa shape index (κ1) is 16.8. The van der Waals surface area contributed by atoms with Crippen LogP contribution in [0.5, 0.6) is 0 Å². The van der Waals surface area contributed by atoms with Crippen LogP contribution in [-0.4, -0.2) is 25.0 Å². The van der Waals surface area contributed by atoms with Crippen molar-refractivity contribution >= 4 is 34.2 Å². The van der Waals surface area contributed by atoms with Gasteiger partial charge < -0.3 is 10.6 Å². The Morgan fingerprint density at radius 1 is 1.19 bits per heavy atom. The van der Waals surface area contributed by atoms with Crippen LogP contribution in [0.3, 0.4) is 0 Å².